The standard InChI is InChI=1S/C12H15N3O4S/c1-3-20(17,18)8-9(2)12(16)19-15-11-7-5-4-6-10(11)13-14-15/h4-7,9H,3,8H2,1-2H3. The van der Waals surface area contributed by atoms with Gasteiger partial charge < -0.3 is 4.84 Å². The molecule has 0 radical (unpaired) electrons. The first kappa shape index (κ1) is 14.4. The van der Waals surface area contributed by atoms with E-state index >= 15 is 0 Å². The van der Waals surface area contributed by atoms with Crippen LogP contribution in [0.2, 0.25) is 0 Å². The summed E-state index contributed by atoms with van der Waals surface area (Å²) in [4.78, 5) is 17.9. The number of fused-ring (bicyclic) bond motifs is 1. The van der Waals surface area contributed by atoms with E-state index in [9.17, 15) is 13.2 Å². The quantitative estimate of drug-likeness (QED) is 0.744. The zero-order chi connectivity index (χ0) is 14.8. The summed E-state index contributed by atoms with van der Waals surface area (Å²) >= 11 is 0. The number of rotatable bonds is 5. The van der Waals surface area contributed by atoms with Gasteiger partial charge in [-0.25, -0.2) is 13.2 Å². The number of hydrogen-bond acceptors (Lipinski definition) is 6. The molecule has 2 aromatic rings. The summed E-state index contributed by atoms with van der Waals surface area (Å²) in [5.74, 6) is -1.66. The van der Waals surface area contributed by atoms with E-state index < -0.39 is 21.7 Å². The summed E-state index contributed by atoms with van der Waals surface area (Å²) in [6.45, 7) is 3.05. The highest BCUT2D eigenvalue weighted by Gasteiger charge is 2.23. The average molecular weight is 297 g/mol. The van der Waals surface area contributed by atoms with E-state index in [1.165, 1.54) is 13.8 Å². The van der Waals surface area contributed by atoms with Crippen molar-refractivity contribution in [3.05, 3.63) is 24.3 Å². The first-order valence-corrected chi connectivity index (χ1v) is 7.98. The van der Waals surface area contributed by atoms with Crippen molar-refractivity contribution < 1.29 is 18.0 Å². The van der Waals surface area contributed by atoms with E-state index in [1.54, 1.807) is 24.3 Å². The highest BCUT2D eigenvalue weighted by Crippen LogP contribution is 2.09. The Balaban J connectivity index is 2.12. The molecule has 0 aliphatic heterocycles. The van der Waals surface area contributed by atoms with Gasteiger partial charge >= 0.3 is 5.97 Å². The fourth-order valence-corrected chi connectivity index (χ4v) is 2.79. The third-order valence-electron chi connectivity index (χ3n) is 2.84. The van der Waals surface area contributed by atoms with Gasteiger partial charge in [0.1, 0.15) is 11.0 Å². The number of nitrogens with zero attached hydrogens (tertiary/aromatic N) is 3. The van der Waals surface area contributed by atoms with E-state index in [0.717, 1.165) is 4.85 Å². The molecule has 8 heteroatoms. The molecule has 1 heterocycles. The molecule has 20 heavy (non-hydrogen) atoms. The Kier molecular flexibility index (Phi) is 4.03. The predicted octanol–water partition coefficient (Wildman–Crippen LogP) is 0.457. The minimum atomic E-state index is -3.23. The van der Waals surface area contributed by atoms with Gasteiger partial charge in [0.05, 0.1) is 11.7 Å². The monoisotopic (exact) mass is 297 g/mol. The zero-order valence-corrected chi connectivity index (χ0v) is 12.0. The van der Waals surface area contributed by atoms with Crippen LogP contribution in [0.5, 0.6) is 0 Å². The lowest BCUT2D eigenvalue weighted by molar-refractivity contribution is -0.148. The van der Waals surface area contributed by atoms with Gasteiger partial charge in [-0.15, -0.1) is 5.10 Å². The second-order valence-corrected chi connectivity index (χ2v) is 6.86. The molecule has 0 aliphatic rings. The van der Waals surface area contributed by atoms with E-state index in [4.69, 9.17) is 4.84 Å². The van der Waals surface area contributed by atoms with Crippen LogP contribution in [0, 0.1) is 5.92 Å². The Hall–Kier alpha value is -1.96. The SMILES string of the molecule is CCS(=O)(=O)CC(C)C(=O)On1nnc2ccccc21. The molecule has 0 bridgehead atoms. The highest BCUT2D eigenvalue weighted by molar-refractivity contribution is 7.91. The Morgan fingerprint density at radius 3 is 2.80 bits per heavy atom. The first-order valence-electron chi connectivity index (χ1n) is 6.16. The van der Waals surface area contributed by atoms with Crippen molar-refractivity contribution in [2.45, 2.75) is 13.8 Å². The average Bonchev–Trinajstić information content (AvgIpc) is 2.82. The Bertz CT molecular complexity index is 723. The highest BCUT2D eigenvalue weighted by atomic mass is 32.2. The number of carbonyl (C=O) groups excluding carboxylic acids is 1. The maximum atomic E-state index is 11.9. The van der Waals surface area contributed by atoms with Crippen molar-refractivity contribution in [1.82, 2.24) is 15.2 Å². The summed E-state index contributed by atoms with van der Waals surface area (Å²) in [6.07, 6.45) is 0. The molecule has 0 amide bonds. The summed E-state index contributed by atoms with van der Waals surface area (Å²) in [7, 11) is -3.23. The number of carbonyl (C=O) groups is 1. The van der Waals surface area contributed by atoms with E-state index in [0.29, 0.717) is 11.0 Å². The third-order valence-corrected chi connectivity index (χ3v) is 4.73. The fourth-order valence-electron chi connectivity index (χ4n) is 1.66. The molecular formula is C12H15N3O4S. The molecule has 0 N–H and O–H groups in total. The van der Waals surface area contributed by atoms with Crippen LogP contribution in [0.15, 0.2) is 24.3 Å². The van der Waals surface area contributed by atoms with Crippen LogP contribution >= 0.6 is 0 Å². The number of para-hydroxylation sites is 1. The molecule has 0 saturated carbocycles. The molecule has 1 aromatic carbocycles. The van der Waals surface area contributed by atoms with Gasteiger partial charge in [0.2, 0.25) is 0 Å². The van der Waals surface area contributed by atoms with Gasteiger partial charge in [0.25, 0.3) is 0 Å². The largest absolute Gasteiger partial charge is 0.338 e. The van der Waals surface area contributed by atoms with Gasteiger partial charge in [-0.2, -0.15) is 0 Å². The van der Waals surface area contributed by atoms with Gasteiger partial charge in [0.15, 0.2) is 9.84 Å². The lowest BCUT2D eigenvalue weighted by atomic mass is 10.2. The number of benzene rings is 1. The minimum Gasteiger partial charge on any atom is -0.317 e. The van der Waals surface area contributed by atoms with E-state index in [1.807, 2.05) is 0 Å². The summed E-state index contributed by atoms with van der Waals surface area (Å²) in [5, 5.41) is 7.55. The number of sulfone groups is 1. The molecule has 2 rings (SSSR count). The molecule has 0 saturated heterocycles. The minimum absolute atomic E-state index is 0.00310. The summed E-state index contributed by atoms with van der Waals surface area (Å²) in [5.41, 5.74) is 1.14. The third kappa shape index (κ3) is 3.13. The maximum absolute atomic E-state index is 11.9. The van der Waals surface area contributed by atoms with Crippen LogP contribution in [0.1, 0.15) is 13.8 Å². The number of aromatic nitrogens is 3. The molecule has 7 nitrogen and oxygen atoms in total. The second-order valence-electron chi connectivity index (χ2n) is 4.46. The molecular weight excluding hydrogens is 282 g/mol. The van der Waals surface area contributed by atoms with Crippen LogP contribution in [-0.4, -0.2) is 41.0 Å². The summed E-state index contributed by atoms with van der Waals surface area (Å²) in [6, 6.07) is 6.99. The second kappa shape index (κ2) is 5.58. The zero-order valence-electron chi connectivity index (χ0n) is 11.2. The predicted molar refractivity (Wildman–Crippen MR) is 72.6 cm³/mol. The van der Waals surface area contributed by atoms with Crippen molar-refractivity contribution >= 4 is 26.8 Å². The number of hydrogen-bond donors (Lipinski definition) is 0. The van der Waals surface area contributed by atoms with Gasteiger partial charge in [-0.1, -0.05) is 30.8 Å². The van der Waals surface area contributed by atoms with Crippen molar-refractivity contribution in [3.63, 3.8) is 0 Å². The van der Waals surface area contributed by atoms with Crippen LogP contribution in [0.25, 0.3) is 11.0 Å². The lowest BCUT2D eigenvalue weighted by Crippen LogP contribution is -2.31. The molecule has 0 aliphatic carbocycles. The Morgan fingerprint density at radius 2 is 2.10 bits per heavy atom. The first-order chi connectivity index (χ1) is 9.43. The molecule has 0 spiro atoms. The van der Waals surface area contributed by atoms with Crippen LogP contribution in [0.4, 0.5) is 0 Å². The maximum Gasteiger partial charge on any atom is 0.338 e. The molecule has 1 aromatic heterocycles. The normalized spacial score (nSPS) is 13.3. The Labute approximate surface area is 116 Å². The van der Waals surface area contributed by atoms with Crippen LogP contribution in [0.3, 0.4) is 0 Å². The molecule has 108 valence electrons. The van der Waals surface area contributed by atoms with Crippen molar-refractivity contribution in [2.75, 3.05) is 11.5 Å². The smallest absolute Gasteiger partial charge is 0.317 e. The summed E-state index contributed by atoms with van der Waals surface area (Å²) < 4.78 is 23.0. The molecule has 1 unspecified atom stereocenters. The Morgan fingerprint density at radius 1 is 1.40 bits per heavy atom. The van der Waals surface area contributed by atoms with Crippen molar-refractivity contribution in [2.24, 2.45) is 5.92 Å². The van der Waals surface area contributed by atoms with Crippen molar-refractivity contribution in [1.29, 1.82) is 0 Å². The molecule has 0 fully saturated rings. The van der Waals surface area contributed by atoms with Crippen LogP contribution < -0.4 is 4.84 Å². The van der Waals surface area contributed by atoms with Gasteiger partial charge in [-0.3, -0.25) is 0 Å². The molecule has 1 atom stereocenters. The van der Waals surface area contributed by atoms with Gasteiger partial charge in [0, 0.05) is 5.75 Å². The van der Waals surface area contributed by atoms with Gasteiger partial charge in [-0.05, 0) is 17.3 Å². The van der Waals surface area contributed by atoms with E-state index in [2.05, 4.69) is 10.3 Å². The van der Waals surface area contributed by atoms with E-state index in [-0.39, 0.29) is 11.5 Å². The fraction of sp³-hybridized carbons (Fsp3) is 0.417. The van der Waals surface area contributed by atoms with Crippen molar-refractivity contribution in [3.8, 4) is 0 Å². The lowest BCUT2D eigenvalue weighted by Gasteiger charge is -2.10. The van der Waals surface area contributed by atoms with Crippen LogP contribution in [-0.2, 0) is 14.6 Å². The topological polar surface area (TPSA) is 91.2 Å².